The summed E-state index contributed by atoms with van der Waals surface area (Å²) < 4.78 is 0. The van der Waals surface area contributed by atoms with Gasteiger partial charge in [-0.25, -0.2) is 0 Å². The maximum absolute atomic E-state index is 2.19. The van der Waals surface area contributed by atoms with Gasteiger partial charge in [-0.3, -0.25) is 0 Å². The van der Waals surface area contributed by atoms with E-state index in [2.05, 4.69) is 11.8 Å². The molecule has 7 heavy (non-hydrogen) atoms. The molecular formula is C6H10S. The van der Waals surface area contributed by atoms with Crippen LogP contribution >= 0.6 is 11.8 Å². The molecular weight excluding hydrogens is 104 g/mol. The van der Waals surface area contributed by atoms with Crippen LogP contribution in [0.15, 0.2) is 0 Å². The van der Waals surface area contributed by atoms with Crippen LogP contribution in [0.3, 0.4) is 0 Å². The van der Waals surface area contributed by atoms with Crippen molar-refractivity contribution in [3.63, 3.8) is 0 Å². The van der Waals surface area contributed by atoms with Crippen LogP contribution in [-0.4, -0.2) is 11.0 Å². The predicted octanol–water partition coefficient (Wildman–Crippen LogP) is 1.90. The fourth-order valence-electron chi connectivity index (χ4n) is 1.60. The molecule has 0 aromatic carbocycles. The quantitative estimate of drug-likeness (QED) is 0.463. The molecule has 0 N–H and O–H groups in total. The van der Waals surface area contributed by atoms with Gasteiger partial charge < -0.3 is 0 Å². The molecule has 2 unspecified atom stereocenters. The van der Waals surface area contributed by atoms with Gasteiger partial charge in [0.25, 0.3) is 0 Å². The topological polar surface area (TPSA) is 0 Å². The van der Waals surface area contributed by atoms with E-state index in [0.29, 0.717) is 0 Å². The van der Waals surface area contributed by atoms with E-state index in [9.17, 15) is 0 Å². The van der Waals surface area contributed by atoms with Gasteiger partial charge in [0, 0.05) is 5.25 Å². The molecule has 1 aliphatic carbocycles. The summed E-state index contributed by atoms with van der Waals surface area (Å²) in [7, 11) is 0. The molecule has 2 atom stereocenters. The zero-order valence-corrected chi connectivity index (χ0v) is 5.21. The number of hydrogen-bond acceptors (Lipinski definition) is 1. The van der Waals surface area contributed by atoms with Gasteiger partial charge in [0.05, 0.1) is 0 Å². The van der Waals surface area contributed by atoms with Crippen molar-refractivity contribution in [1.29, 1.82) is 0 Å². The van der Waals surface area contributed by atoms with E-state index in [-0.39, 0.29) is 0 Å². The van der Waals surface area contributed by atoms with Crippen molar-refractivity contribution in [3.8, 4) is 0 Å². The first-order chi connectivity index (χ1) is 3.45. The Morgan fingerprint density at radius 3 is 2.43 bits per heavy atom. The van der Waals surface area contributed by atoms with Crippen LogP contribution in [0.4, 0.5) is 0 Å². The summed E-state index contributed by atoms with van der Waals surface area (Å²) in [6.07, 6.45) is 4.61. The lowest BCUT2D eigenvalue weighted by atomic mass is 10.1. The standard InChI is InChI=1S/C6H10S/c1-2-6-3-5(1)4-7-6/h5-6H,1-4H2. The number of thioether (sulfide) groups is 1. The number of hydrogen-bond donors (Lipinski definition) is 0. The molecule has 0 amide bonds. The van der Waals surface area contributed by atoms with Crippen molar-refractivity contribution in [2.45, 2.75) is 24.5 Å². The first-order valence-electron chi connectivity index (χ1n) is 3.07. The Labute approximate surface area is 48.7 Å². The molecule has 40 valence electrons. The second kappa shape index (κ2) is 1.41. The maximum atomic E-state index is 2.19. The molecule has 1 heterocycles. The van der Waals surface area contributed by atoms with Crippen LogP contribution in [0.2, 0.25) is 0 Å². The highest BCUT2D eigenvalue weighted by molar-refractivity contribution is 8.00. The molecule has 0 aromatic heterocycles. The highest BCUT2D eigenvalue weighted by atomic mass is 32.2. The summed E-state index contributed by atoms with van der Waals surface area (Å²) in [4.78, 5) is 0. The Bertz CT molecular complexity index is 62.2. The Hall–Kier alpha value is 0.350. The van der Waals surface area contributed by atoms with Crippen LogP contribution in [0, 0.1) is 5.92 Å². The Kier molecular flexibility index (Phi) is 0.857. The minimum absolute atomic E-state index is 1.09. The third-order valence-electron chi connectivity index (χ3n) is 2.06. The van der Waals surface area contributed by atoms with E-state index in [1.165, 1.54) is 18.6 Å². The highest BCUT2D eigenvalue weighted by Crippen LogP contribution is 2.43. The van der Waals surface area contributed by atoms with Gasteiger partial charge in [-0.05, 0) is 30.9 Å². The highest BCUT2D eigenvalue weighted by Gasteiger charge is 2.31. The van der Waals surface area contributed by atoms with Crippen molar-refractivity contribution >= 4 is 11.8 Å². The number of rotatable bonds is 0. The van der Waals surface area contributed by atoms with E-state index in [1.54, 1.807) is 6.42 Å². The average Bonchev–Trinajstić information content (AvgIpc) is 2.22. The van der Waals surface area contributed by atoms with E-state index in [0.717, 1.165) is 11.2 Å². The van der Waals surface area contributed by atoms with Crippen molar-refractivity contribution in [2.24, 2.45) is 5.92 Å². The smallest absolute Gasteiger partial charge is 0.00501 e. The molecule has 2 rings (SSSR count). The summed E-state index contributed by atoms with van der Waals surface area (Å²) in [5.74, 6) is 2.61. The first-order valence-corrected chi connectivity index (χ1v) is 4.11. The third-order valence-corrected chi connectivity index (χ3v) is 3.62. The second-order valence-electron chi connectivity index (χ2n) is 2.63. The molecule has 1 aliphatic heterocycles. The fourth-order valence-corrected chi connectivity index (χ4v) is 3.16. The SMILES string of the molecule is C1CC2CC1CS2. The minimum Gasteiger partial charge on any atom is -0.158 e. The average molecular weight is 114 g/mol. The van der Waals surface area contributed by atoms with Crippen molar-refractivity contribution in [3.05, 3.63) is 0 Å². The zero-order chi connectivity index (χ0) is 4.69. The van der Waals surface area contributed by atoms with Crippen LogP contribution < -0.4 is 0 Å². The summed E-state index contributed by atoms with van der Waals surface area (Å²) in [6, 6.07) is 0. The summed E-state index contributed by atoms with van der Waals surface area (Å²) >= 11 is 2.19. The maximum Gasteiger partial charge on any atom is 0.00501 e. The normalized spacial score (nSPS) is 48.0. The first kappa shape index (κ1) is 4.25. The van der Waals surface area contributed by atoms with Crippen molar-refractivity contribution in [1.82, 2.24) is 0 Å². The molecule has 2 aliphatic rings. The lowest BCUT2D eigenvalue weighted by molar-refractivity contribution is 0.636. The van der Waals surface area contributed by atoms with E-state index < -0.39 is 0 Å². The van der Waals surface area contributed by atoms with Crippen LogP contribution in [0.1, 0.15) is 19.3 Å². The molecule has 0 radical (unpaired) electrons. The van der Waals surface area contributed by atoms with Gasteiger partial charge in [-0.1, -0.05) is 0 Å². The molecule has 1 saturated heterocycles. The second-order valence-corrected chi connectivity index (χ2v) is 3.97. The van der Waals surface area contributed by atoms with Gasteiger partial charge in [-0.15, -0.1) is 0 Å². The minimum atomic E-state index is 1.09. The van der Waals surface area contributed by atoms with Gasteiger partial charge >= 0.3 is 0 Å². The van der Waals surface area contributed by atoms with E-state index in [4.69, 9.17) is 0 Å². The molecule has 0 nitrogen and oxygen atoms in total. The van der Waals surface area contributed by atoms with Gasteiger partial charge in [0.15, 0.2) is 0 Å². The third kappa shape index (κ3) is 0.584. The summed E-state index contributed by atoms with van der Waals surface area (Å²) in [6.45, 7) is 0. The lowest BCUT2D eigenvalue weighted by Gasteiger charge is -2.05. The fraction of sp³-hybridized carbons (Fsp3) is 1.00. The Morgan fingerprint density at radius 1 is 1.29 bits per heavy atom. The molecule has 2 fully saturated rings. The van der Waals surface area contributed by atoms with Crippen LogP contribution in [0.25, 0.3) is 0 Å². The van der Waals surface area contributed by atoms with Gasteiger partial charge in [-0.2, -0.15) is 11.8 Å². The van der Waals surface area contributed by atoms with E-state index in [1.807, 2.05) is 0 Å². The van der Waals surface area contributed by atoms with Crippen LogP contribution in [0.5, 0.6) is 0 Å². The summed E-state index contributed by atoms with van der Waals surface area (Å²) in [5.41, 5.74) is 0. The van der Waals surface area contributed by atoms with Gasteiger partial charge in [0.1, 0.15) is 0 Å². The monoisotopic (exact) mass is 114 g/mol. The molecule has 0 spiro atoms. The molecule has 2 bridgehead atoms. The lowest BCUT2D eigenvalue weighted by Crippen LogP contribution is -1.94. The molecule has 1 saturated carbocycles. The Morgan fingerprint density at radius 2 is 2.29 bits per heavy atom. The van der Waals surface area contributed by atoms with Gasteiger partial charge in [0.2, 0.25) is 0 Å². The predicted molar refractivity (Wildman–Crippen MR) is 33.6 cm³/mol. The van der Waals surface area contributed by atoms with Crippen molar-refractivity contribution in [2.75, 3.05) is 5.75 Å². The van der Waals surface area contributed by atoms with Crippen LogP contribution in [-0.2, 0) is 0 Å². The zero-order valence-electron chi connectivity index (χ0n) is 4.39. The molecule has 1 heteroatoms. The summed E-state index contributed by atoms with van der Waals surface area (Å²) in [5, 5.41) is 1.09. The molecule has 0 aromatic rings. The van der Waals surface area contributed by atoms with Crippen molar-refractivity contribution < 1.29 is 0 Å². The number of fused-ring (bicyclic) bond motifs is 2. The largest absolute Gasteiger partial charge is 0.158 e. The van der Waals surface area contributed by atoms with E-state index >= 15 is 0 Å². The Balaban J connectivity index is 2.12.